The van der Waals surface area contributed by atoms with E-state index in [1.807, 2.05) is 43.3 Å². The second-order valence-corrected chi connectivity index (χ2v) is 6.55. The van der Waals surface area contributed by atoms with Crippen molar-refractivity contribution in [2.45, 2.75) is 19.5 Å². The van der Waals surface area contributed by atoms with Crippen LogP contribution in [0, 0.1) is 0 Å². The highest BCUT2D eigenvalue weighted by Crippen LogP contribution is 2.26. The molecule has 2 heterocycles. The highest BCUT2D eigenvalue weighted by Gasteiger charge is 2.21. The van der Waals surface area contributed by atoms with E-state index in [1.165, 1.54) is 6.20 Å². The Kier molecular flexibility index (Phi) is 4.24. The summed E-state index contributed by atoms with van der Waals surface area (Å²) in [6.45, 7) is 1.97. The maximum Gasteiger partial charge on any atom is 0.244 e. The highest BCUT2D eigenvalue weighted by molar-refractivity contribution is 5.82. The van der Waals surface area contributed by atoms with Gasteiger partial charge in [0.25, 0.3) is 0 Å². The number of para-hydroxylation sites is 2. The minimum Gasteiger partial charge on any atom is -0.459 e. The number of carbonyl (C=O) groups excluding carboxylic acids is 1. The van der Waals surface area contributed by atoms with Crippen LogP contribution in [0.1, 0.15) is 18.7 Å². The first-order valence-corrected chi connectivity index (χ1v) is 8.73. The van der Waals surface area contributed by atoms with Crippen LogP contribution in [0.3, 0.4) is 0 Å². The molecule has 0 radical (unpaired) electrons. The predicted octanol–water partition coefficient (Wildman–Crippen LogP) is 3.36. The molecule has 1 atom stereocenters. The average Bonchev–Trinajstić information content (AvgIpc) is 3.13. The first kappa shape index (κ1) is 17.0. The van der Waals surface area contributed by atoms with Crippen molar-refractivity contribution in [1.82, 2.24) is 14.7 Å². The van der Waals surface area contributed by atoms with E-state index in [2.05, 4.69) is 5.10 Å². The molecule has 2 aromatic heterocycles. The monoisotopic (exact) mass is 361 g/mol. The van der Waals surface area contributed by atoms with E-state index in [0.29, 0.717) is 10.9 Å². The fraction of sp³-hybridized carbons (Fsp3) is 0.190. The van der Waals surface area contributed by atoms with Crippen LogP contribution in [0.5, 0.6) is 0 Å². The molecule has 0 spiro atoms. The minimum atomic E-state index is -0.226. The number of carbonyl (C=O) groups is 1. The van der Waals surface area contributed by atoms with Gasteiger partial charge in [-0.3, -0.25) is 14.3 Å². The zero-order valence-corrected chi connectivity index (χ0v) is 15.1. The van der Waals surface area contributed by atoms with E-state index in [1.54, 1.807) is 34.8 Å². The zero-order valence-electron chi connectivity index (χ0n) is 15.1. The molecule has 0 aliphatic rings. The molecule has 27 heavy (non-hydrogen) atoms. The summed E-state index contributed by atoms with van der Waals surface area (Å²) < 4.78 is 7.44. The van der Waals surface area contributed by atoms with Crippen LogP contribution in [0.2, 0.25) is 0 Å². The topological polar surface area (TPSA) is 68.3 Å². The zero-order chi connectivity index (χ0) is 19.0. The summed E-state index contributed by atoms with van der Waals surface area (Å²) in [5.41, 5.74) is 1.29. The first-order valence-electron chi connectivity index (χ1n) is 8.73. The van der Waals surface area contributed by atoms with E-state index < -0.39 is 0 Å². The van der Waals surface area contributed by atoms with E-state index in [4.69, 9.17) is 4.42 Å². The van der Waals surface area contributed by atoms with Crippen LogP contribution in [-0.2, 0) is 11.3 Å². The van der Waals surface area contributed by atoms with Crippen molar-refractivity contribution in [3.63, 3.8) is 0 Å². The van der Waals surface area contributed by atoms with E-state index in [0.717, 1.165) is 16.7 Å². The normalized spacial score (nSPS) is 12.4. The molecule has 1 amide bonds. The lowest BCUT2D eigenvalue weighted by Gasteiger charge is -2.23. The smallest absolute Gasteiger partial charge is 0.244 e. The van der Waals surface area contributed by atoms with Crippen LogP contribution < -0.4 is 5.43 Å². The second kappa shape index (κ2) is 6.72. The predicted molar refractivity (Wildman–Crippen MR) is 103 cm³/mol. The molecule has 6 nitrogen and oxygen atoms in total. The molecule has 1 unspecified atom stereocenters. The molecule has 0 N–H and O–H groups in total. The molecule has 2 aromatic carbocycles. The van der Waals surface area contributed by atoms with Crippen molar-refractivity contribution >= 4 is 27.8 Å². The van der Waals surface area contributed by atoms with Gasteiger partial charge in [-0.1, -0.05) is 30.3 Å². The Morgan fingerprint density at radius 3 is 2.74 bits per heavy atom. The SMILES string of the molecule is CC(c1cc2ccccc2o1)N(C)C(=O)Cn1ncc(=O)c2ccccc21. The van der Waals surface area contributed by atoms with Gasteiger partial charge in [0.05, 0.1) is 17.8 Å². The van der Waals surface area contributed by atoms with Crippen molar-refractivity contribution in [1.29, 1.82) is 0 Å². The summed E-state index contributed by atoms with van der Waals surface area (Å²) >= 11 is 0. The standard InChI is InChI=1S/C21H19N3O3/c1-14(20-11-15-7-3-6-10-19(15)27-20)23(2)21(26)13-24-17-9-5-4-8-16(17)18(25)12-22-24/h3-12,14H,13H2,1-2H3. The quantitative estimate of drug-likeness (QED) is 0.559. The average molecular weight is 361 g/mol. The number of likely N-dealkylation sites (N-methyl/N-ethyl adjacent to an activating group) is 1. The molecule has 0 fully saturated rings. The molecule has 0 saturated heterocycles. The summed E-state index contributed by atoms with van der Waals surface area (Å²) in [4.78, 5) is 26.4. The Hall–Kier alpha value is -3.41. The van der Waals surface area contributed by atoms with Gasteiger partial charge in [-0.25, -0.2) is 0 Å². The van der Waals surface area contributed by atoms with Crippen LogP contribution in [0.4, 0.5) is 0 Å². The number of nitrogens with zero attached hydrogens (tertiary/aromatic N) is 3. The van der Waals surface area contributed by atoms with Crippen molar-refractivity contribution in [2.75, 3.05) is 7.05 Å². The van der Waals surface area contributed by atoms with Gasteiger partial charge in [-0.05, 0) is 31.2 Å². The Morgan fingerprint density at radius 1 is 1.19 bits per heavy atom. The molecule has 0 saturated carbocycles. The molecule has 4 aromatic rings. The molecule has 0 aliphatic carbocycles. The van der Waals surface area contributed by atoms with Crippen LogP contribution in [-0.4, -0.2) is 27.6 Å². The van der Waals surface area contributed by atoms with E-state index in [-0.39, 0.29) is 23.9 Å². The van der Waals surface area contributed by atoms with Crippen LogP contribution >= 0.6 is 0 Å². The summed E-state index contributed by atoms with van der Waals surface area (Å²) in [6, 6.07) is 16.6. The number of fused-ring (bicyclic) bond motifs is 2. The summed E-state index contributed by atoms with van der Waals surface area (Å²) in [6.07, 6.45) is 1.25. The molecule has 136 valence electrons. The molecule has 0 bridgehead atoms. The van der Waals surface area contributed by atoms with Crippen molar-refractivity contribution < 1.29 is 9.21 Å². The van der Waals surface area contributed by atoms with E-state index in [9.17, 15) is 9.59 Å². The van der Waals surface area contributed by atoms with Gasteiger partial charge in [0.15, 0.2) is 0 Å². The van der Waals surface area contributed by atoms with Crippen LogP contribution in [0.25, 0.3) is 21.9 Å². The van der Waals surface area contributed by atoms with Gasteiger partial charge in [0, 0.05) is 17.8 Å². The number of aromatic nitrogens is 2. The Balaban J connectivity index is 1.59. The van der Waals surface area contributed by atoms with Crippen molar-refractivity contribution in [3.05, 3.63) is 76.8 Å². The fourth-order valence-electron chi connectivity index (χ4n) is 3.14. The number of rotatable bonds is 4. The number of hydrogen-bond donors (Lipinski definition) is 0. The van der Waals surface area contributed by atoms with Gasteiger partial charge in [0.2, 0.25) is 11.3 Å². The van der Waals surface area contributed by atoms with Gasteiger partial charge in [-0.15, -0.1) is 0 Å². The molecular formula is C21H19N3O3. The Morgan fingerprint density at radius 2 is 1.93 bits per heavy atom. The van der Waals surface area contributed by atoms with Gasteiger partial charge < -0.3 is 9.32 Å². The molecule has 0 aliphatic heterocycles. The Labute approximate surface area is 155 Å². The molecular weight excluding hydrogens is 342 g/mol. The summed E-state index contributed by atoms with van der Waals surface area (Å²) in [5, 5.41) is 5.69. The lowest BCUT2D eigenvalue weighted by molar-refractivity contribution is -0.132. The van der Waals surface area contributed by atoms with Crippen molar-refractivity contribution in [2.24, 2.45) is 0 Å². The van der Waals surface area contributed by atoms with E-state index >= 15 is 0 Å². The maximum absolute atomic E-state index is 12.8. The van der Waals surface area contributed by atoms with Crippen LogP contribution in [0.15, 0.2) is 70.0 Å². The highest BCUT2D eigenvalue weighted by atomic mass is 16.3. The van der Waals surface area contributed by atoms with Gasteiger partial charge in [-0.2, -0.15) is 5.10 Å². The largest absolute Gasteiger partial charge is 0.459 e. The lowest BCUT2D eigenvalue weighted by Crippen LogP contribution is -2.33. The second-order valence-electron chi connectivity index (χ2n) is 6.55. The number of amides is 1. The Bertz CT molecular complexity index is 1160. The third-order valence-corrected chi connectivity index (χ3v) is 4.88. The third-order valence-electron chi connectivity index (χ3n) is 4.88. The third kappa shape index (κ3) is 3.10. The molecule has 4 rings (SSSR count). The number of furan rings is 1. The summed E-state index contributed by atoms with van der Waals surface area (Å²) in [5.74, 6) is 0.606. The lowest BCUT2D eigenvalue weighted by atomic mass is 10.2. The number of benzene rings is 2. The molecule has 6 heteroatoms. The first-order chi connectivity index (χ1) is 13.0. The van der Waals surface area contributed by atoms with Gasteiger partial charge in [0.1, 0.15) is 17.9 Å². The minimum absolute atomic E-state index is 0.0435. The maximum atomic E-state index is 12.8. The fourth-order valence-corrected chi connectivity index (χ4v) is 3.14. The summed E-state index contributed by atoms with van der Waals surface area (Å²) in [7, 11) is 1.74. The number of hydrogen-bond acceptors (Lipinski definition) is 4. The van der Waals surface area contributed by atoms with Crippen molar-refractivity contribution in [3.8, 4) is 0 Å². The van der Waals surface area contributed by atoms with Gasteiger partial charge >= 0.3 is 0 Å².